The van der Waals surface area contributed by atoms with E-state index in [1.807, 2.05) is 0 Å². The molecule has 0 aliphatic heterocycles. The van der Waals surface area contributed by atoms with Gasteiger partial charge in [-0.1, -0.05) is 242 Å². The Bertz CT molecular complexity index is 1150. The summed E-state index contributed by atoms with van der Waals surface area (Å²) < 4.78 is 16.7. The largest absolute Gasteiger partial charge is 0.462 e. The Balaban J connectivity index is 4.27. The molecule has 0 aliphatic carbocycles. The van der Waals surface area contributed by atoms with Crippen molar-refractivity contribution in [1.29, 1.82) is 0 Å². The number of esters is 3. The van der Waals surface area contributed by atoms with Crippen LogP contribution in [0.3, 0.4) is 0 Å². The fourth-order valence-corrected chi connectivity index (χ4v) is 7.53. The van der Waals surface area contributed by atoms with Crippen molar-refractivity contribution in [3.8, 4) is 0 Å². The average Bonchev–Trinajstić information content (AvgIpc) is 3.28. The van der Waals surface area contributed by atoms with Gasteiger partial charge in [0.05, 0.1) is 0 Å². The third-order valence-electron chi connectivity index (χ3n) is 11.5. The van der Waals surface area contributed by atoms with E-state index in [0.717, 1.165) is 96.3 Å². The minimum Gasteiger partial charge on any atom is -0.462 e. The molecule has 0 aromatic heterocycles. The number of ether oxygens (including phenoxy) is 3. The molecule has 0 heterocycles. The number of unbranched alkanes of at least 4 members (excludes halogenated alkanes) is 27. The van der Waals surface area contributed by atoms with Crippen LogP contribution in [-0.4, -0.2) is 37.2 Å². The quantitative estimate of drug-likeness (QED) is 0.0262. The zero-order chi connectivity index (χ0) is 45.8. The molecule has 63 heavy (non-hydrogen) atoms. The summed E-state index contributed by atoms with van der Waals surface area (Å²) in [7, 11) is 0. The third-order valence-corrected chi connectivity index (χ3v) is 11.5. The first-order valence-electron chi connectivity index (χ1n) is 26.8. The summed E-state index contributed by atoms with van der Waals surface area (Å²) in [4.78, 5) is 37.8. The normalized spacial score (nSPS) is 12.5. The molecule has 0 aromatic carbocycles. The Morgan fingerprint density at radius 1 is 0.333 bits per heavy atom. The second-order valence-corrected chi connectivity index (χ2v) is 17.8. The van der Waals surface area contributed by atoms with Crippen molar-refractivity contribution in [3.05, 3.63) is 60.8 Å². The van der Waals surface area contributed by atoms with Crippen LogP contribution in [0.2, 0.25) is 0 Å². The molecular weight excluding hydrogens is 781 g/mol. The standard InChI is InChI=1S/C57H100O6/c1-4-7-10-13-16-18-20-22-24-26-28-30-32-34-36-38-41-44-47-50-56(59)62-53-54(52-61-55(58)49-46-43-40-15-12-9-6-3)63-57(60)51-48-45-42-39-37-35-33-31-29-27-25-23-21-19-17-14-11-8-5-2/h7,10,16,18,22,24,28,30,34,36,54H,4-6,8-9,11-15,17,19-21,23,25-27,29,31-33,35,37-53H2,1-3H3/b10-7-,18-16-,24-22-,30-28-,36-34-. The van der Waals surface area contributed by atoms with Crippen molar-refractivity contribution < 1.29 is 28.6 Å². The highest BCUT2D eigenvalue weighted by Crippen LogP contribution is 2.16. The zero-order valence-corrected chi connectivity index (χ0v) is 41.6. The van der Waals surface area contributed by atoms with Crippen LogP contribution in [0.4, 0.5) is 0 Å². The average molecular weight is 881 g/mol. The van der Waals surface area contributed by atoms with Crippen molar-refractivity contribution in [1.82, 2.24) is 0 Å². The van der Waals surface area contributed by atoms with Gasteiger partial charge < -0.3 is 14.2 Å². The highest BCUT2D eigenvalue weighted by molar-refractivity contribution is 5.71. The minimum absolute atomic E-state index is 0.0825. The molecule has 364 valence electrons. The number of carbonyl (C=O) groups is 3. The van der Waals surface area contributed by atoms with Crippen molar-refractivity contribution in [2.24, 2.45) is 0 Å². The van der Waals surface area contributed by atoms with Crippen LogP contribution in [0.15, 0.2) is 60.8 Å². The summed E-state index contributed by atoms with van der Waals surface area (Å²) in [5.41, 5.74) is 0. The highest BCUT2D eigenvalue weighted by Gasteiger charge is 2.19. The Hall–Kier alpha value is -2.89. The van der Waals surface area contributed by atoms with Gasteiger partial charge in [-0.25, -0.2) is 0 Å². The lowest BCUT2D eigenvalue weighted by Crippen LogP contribution is -2.30. The van der Waals surface area contributed by atoms with Gasteiger partial charge in [0.1, 0.15) is 13.2 Å². The van der Waals surface area contributed by atoms with Crippen LogP contribution in [0.25, 0.3) is 0 Å². The number of hydrogen-bond donors (Lipinski definition) is 0. The van der Waals surface area contributed by atoms with Crippen LogP contribution in [0.5, 0.6) is 0 Å². The third kappa shape index (κ3) is 50.0. The maximum atomic E-state index is 12.8. The van der Waals surface area contributed by atoms with Gasteiger partial charge in [0.15, 0.2) is 6.10 Å². The zero-order valence-electron chi connectivity index (χ0n) is 41.6. The molecule has 0 aliphatic rings. The lowest BCUT2D eigenvalue weighted by molar-refractivity contribution is -0.167. The van der Waals surface area contributed by atoms with Crippen molar-refractivity contribution >= 4 is 17.9 Å². The Morgan fingerprint density at radius 3 is 0.968 bits per heavy atom. The number of carbonyl (C=O) groups excluding carboxylic acids is 3. The second-order valence-electron chi connectivity index (χ2n) is 17.8. The van der Waals surface area contributed by atoms with Crippen molar-refractivity contribution in [2.75, 3.05) is 13.2 Å². The Morgan fingerprint density at radius 2 is 0.619 bits per heavy atom. The highest BCUT2D eigenvalue weighted by atomic mass is 16.6. The van der Waals surface area contributed by atoms with E-state index < -0.39 is 6.10 Å². The molecule has 6 nitrogen and oxygen atoms in total. The summed E-state index contributed by atoms with van der Waals surface area (Å²) in [5.74, 6) is -0.914. The molecule has 0 bridgehead atoms. The Labute approximate surface area is 390 Å². The summed E-state index contributed by atoms with van der Waals surface area (Å²) >= 11 is 0. The van der Waals surface area contributed by atoms with Gasteiger partial charge in [0, 0.05) is 19.3 Å². The lowest BCUT2D eigenvalue weighted by Gasteiger charge is -2.18. The summed E-state index contributed by atoms with van der Waals surface area (Å²) in [6.07, 6.45) is 63.7. The van der Waals surface area contributed by atoms with E-state index in [-0.39, 0.29) is 31.1 Å². The smallest absolute Gasteiger partial charge is 0.306 e. The maximum Gasteiger partial charge on any atom is 0.306 e. The predicted molar refractivity (Wildman–Crippen MR) is 270 cm³/mol. The van der Waals surface area contributed by atoms with Crippen LogP contribution in [-0.2, 0) is 28.6 Å². The molecule has 0 amide bonds. The number of rotatable bonds is 48. The van der Waals surface area contributed by atoms with Crippen LogP contribution in [0.1, 0.15) is 265 Å². The molecule has 0 fully saturated rings. The molecule has 0 rings (SSSR count). The van der Waals surface area contributed by atoms with Crippen LogP contribution >= 0.6 is 0 Å². The summed E-state index contributed by atoms with van der Waals surface area (Å²) in [5, 5.41) is 0. The predicted octanol–water partition coefficient (Wildman–Crippen LogP) is 17.6. The molecule has 1 atom stereocenters. The number of allylic oxidation sites excluding steroid dienone is 10. The van der Waals surface area contributed by atoms with Gasteiger partial charge >= 0.3 is 17.9 Å². The fourth-order valence-electron chi connectivity index (χ4n) is 7.53. The van der Waals surface area contributed by atoms with E-state index in [4.69, 9.17) is 14.2 Å². The maximum absolute atomic E-state index is 12.8. The second kappa shape index (κ2) is 51.7. The molecule has 1 unspecified atom stereocenters. The van der Waals surface area contributed by atoms with Crippen LogP contribution < -0.4 is 0 Å². The van der Waals surface area contributed by atoms with E-state index in [0.29, 0.717) is 19.3 Å². The molecule has 6 heteroatoms. The topological polar surface area (TPSA) is 78.9 Å². The first kappa shape index (κ1) is 60.1. The van der Waals surface area contributed by atoms with Gasteiger partial charge in [-0.15, -0.1) is 0 Å². The fraction of sp³-hybridized carbons (Fsp3) is 0.772. The van der Waals surface area contributed by atoms with E-state index in [1.54, 1.807) is 0 Å². The lowest BCUT2D eigenvalue weighted by atomic mass is 10.0. The van der Waals surface area contributed by atoms with Gasteiger partial charge in [-0.05, 0) is 64.2 Å². The van der Waals surface area contributed by atoms with Crippen molar-refractivity contribution in [3.63, 3.8) is 0 Å². The van der Waals surface area contributed by atoms with E-state index >= 15 is 0 Å². The molecule has 0 saturated carbocycles. The monoisotopic (exact) mass is 881 g/mol. The minimum atomic E-state index is -0.782. The number of hydrogen-bond acceptors (Lipinski definition) is 6. The summed E-state index contributed by atoms with van der Waals surface area (Å²) in [6.45, 7) is 6.47. The van der Waals surface area contributed by atoms with E-state index in [9.17, 15) is 14.4 Å². The van der Waals surface area contributed by atoms with E-state index in [1.165, 1.54) is 128 Å². The first-order chi connectivity index (χ1) is 31.0. The van der Waals surface area contributed by atoms with Gasteiger partial charge in [-0.3, -0.25) is 14.4 Å². The molecule has 0 aromatic rings. The van der Waals surface area contributed by atoms with Crippen molar-refractivity contribution in [2.45, 2.75) is 271 Å². The molecule has 0 radical (unpaired) electrons. The molecular formula is C57H100O6. The molecule has 0 N–H and O–H groups in total. The summed E-state index contributed by atoms with van der Waals surface area (Å²) in [6, 6.07) is 0. The molecule has 0 saturated heterocycles. The Kier molecular flexibility index (Phi) is 49.4. The SMILES string of the molecule is CC/C=C\C/C=C\C/C=C\C/C=C\C/C=C\CCCCCC(=O)OCC(COC(=O)CCCCCCCCC)OC(=O)CCCCCCCCCCCCCCCCCCCCC. The first-order valence-corrected chi connectivity index (χ1v) is 26.8. The van der Waals surface area contributed by atoms with Crippen LogP contribution in [0, 0.1) is 0 Å². The van der Waals surface area contributed by atoms with Gasteiger partial charge in [0.25, 0.3) is 0 Å². The molecule has 0 spiro atoms. The van der Waals surface area contributed by atoms with Gasteiger partial charge in [0.2, 0.25) is 0 Å². The van der Waals surface area contributed by atoms with E-state index in [2.05, 4.69) is 81.5 Å². The van der Waals surface area contributed by atoms with Gasteiger partial charge in [-0.2, -0.15) is 0 Å².